The van der Waals surface area contributed by atoms with Gasteiger partial charge in [0.05, 0.1) is 64.0 Å². The Morgan fingerprint density at radius 2 is 1.00 bits per heavy atom. The fraction of sp³-hybridized carbons (Fsp3) is 0.323. The summed E-state index contributed by atoms with van der Waals surface area (Å²) in [5.41, 5.74) is 2.76. The van der Waals surface area contributed by atoms with Gasteiger partial charge in [0.2, 0.25) is 11.5 Å². The minimum atomic E-state index is -0.626. The smallest absolute Gasteiger partial charge is 0.203 e. The summed E-state index contributed by atoms with van der Waals surface area (Å²) in [4.78, 5) is 14.2. The van der Waals surface area contributed by atoms with Gasteiger partial charge in [0, 0.05) is 34.2 Å². The van der Waals surface area contributed by atoms with E-state index in [2.05, 4.69) is 0 Å². The van der Waals surface area contributed by atoms with E-state index >= 15 is 0 Å². The number of fused-ring (bicyclic) bond motifs is 1. The van der Waals surface area contributed by atoms with Crippen LogP contribution in [0.4, 0.5) is 0 Å². The third-order valence-electron chi connectivity index (χ3n) is 7.04. The molecule has 0 aliphatic heterocycles. The number of rotatable bonds is 11. The minimum Gasteiger partial charge on any atom is -0.496 e. The standard InChI is InChI=1S/C31H34O10/c1-33-20-15-22(35-3)21(34-2)11-16(20)10-18-26(17-12-23(36-4)29(39-7)24(13-17)37-5)27-19(28(18)32)14-25(38-6)30(40-8)31(27)41-9/h10-15,26H,1-9H3/b18-10-. The molecule has 0 bridgehead atoms. The predicted molar refractivity (Wildman–Crippen MR) is 152 cm³/mol. The molecule has 3 aromatic carbocycles. The zero-order valence-corrected chi connectivity index (χ0v) is 24.6. The van der Waals surface area contributed by atoms with Gasteiger partial charge in [0.1, 0.15) is 5.75 Å². The van der Waals surface area contributed by atoms with E-state index in [9.17, 15) is 4.79 Å². The summed E-state index contributed by atoms with van der Waals surface area (Å²) in [6.45, 7) is 0. The summed E-state index contributed by atoms with van der Waals surface area (Å²) in [6, 6.07) is 8.75. The number of ether oxygens (including phenoxy) is 9. The fourth-order valence-electron chi connectivity index (χ4n) is 5.19. The van der Waals surface area contributed by atoms with Gasteiger partial charge in [0.25, 0.3) is 0 Å². The molecule has 218 valence electrons. The Hall–Kier alpha value is -4.73. The van der Waals surface area contributed by atoms with E-state index in [1.165, 1.54) is 42.7 Å². The Kier molecular flexibility index (Phi) is 8.71. The zero-order valence-electron chi connectivity index (χ0n) is 24.6. The molecular formula is C31H34O10. The van der Waals surface area contributed by atoms with Crippen LogP contribution >= 0.6 is 0 Å². The van der Waals surface area contributed by atoms with E-state index in [1.807, 2.05) is 12.1 Å². The van der Waals surface area contributed by atoms with Crippen molar-refractivity contribution in [3.05, 3.63) is 58.2 Å². The van der Waals surface area contributed by atoms with Crippen molar-refractivity contribution in [3.8, 4) is 51.7 Å². The minimum absolute atomic E-state index is 0.227. The summed E-state index contributed by atoms with van der Waals surface area (Å²) >= 11 is 0. The lowest BCUT2D eigenvalue weighted by Gasteiger charge is -2.22. The van der Waals surface area contributed by atoms with Gasteiger partial charge >= 0.3 is 0 Å². The molecule has 0 aromatic heterocycles. The first-order valence-corrected chi connectivity index (χ1v) is 12.5. The first-order chi connectivity index (χ1) is 19.8. The number of benzene rings is 3. The molecule has 0 fully saturated rings. The van der Waals surface area contributed by atoms with Gasteiger partial charge in [-0.2, -0.15) is 0 Å². The average molecular weight is 567 g/mol. The average Bonchev–Trinajstić information content (AvgIpc) is 3.28. The number of hydrogen-bond acceptors (Lipinski definition) is 10. The number of ketones is 1. The molecule has 4 rings (SSSR count). The van der Waals surface area contributed by atoms with Crippen molar-refractivity contribution in [2.75, 3.05) is 64.0 Å². The predicted octanol–water partition coefficient (Wildman–Crippen LogP) is 5.18. The van der Waals surface area contributed by atoms with E-state index < -0.39 is 5.92 Å². The maximum Gasteiger partial charge on any atom is 0.203 e. The second-order valence-corrected chi connectivity index (χ2v) is 8.88. The maximum absolute atomic E-state index is 14.2. The van der Waals surface area contributed by atoms with Gasteiger partial charge in [-0.3, -0.25) is 4.79 Å². The van der Waals surface area contributed by atoms with Crippen LogP contribution in [0.5, 0.6) is 51.7 Å². The molecule has 0 heterocycles. The second kappa shape index (κ2) is 12.2. The molecule has 10 heteroatoms. The lowest BCUT2D eigenvalue weighted by Crippen LogP contribution is -2.06. The van der Waals surface area contributed by atoms with Crippen molar-refractivity contribution in [2.24, 2.45) is 0 Å². The van der Waals surface area contributed by atoms with Gasteiger partial charge in [-0.1, -0.05) is 0 Å². The van der Waals surface area contributed by atoms with E-state index in [0.717, 1.165) is 0 Å². The number of methoxy groups -OCH3 is 9. The second-order valence-electron chi connectivity index (χ2n) is 8.88. The first kappa shape index (κ1) is 29.3. The lowest BCUT2D eigenvalue weighted by molar-refractivity contribution is 0.103. The molecule has 10 nitrogen and oxygen atoms in total. The van der Waals surface area contributed by atoms with Crippen molar-refractivity contribution in [1.82, 2.24) is 0 Å². The van der Waals surface area contributed by atoms with Gasteiger partial charge in [-0.15, -0.1) is 0 Å². The SMILES string of the molecule is COc1cc(OC)c(OC)cc1/C=C1\C(=O)c2cc(OC)c(OC)c(OC)c2C1c1cc(OC)c(OC)c(OC)c1. The summed E-state index contributed by atoms with van der Waals surface area (Å²) in [6.07, 6.45) is 1.77. The lowest BCUT2D eigenvalue weighted by atomic mass is 9.87. The molecule has 41 heavy (non-hydrogen) atoms. The number of hydrogen-bond donors (Lipinski definition) is 0. The van der Waals surface area contributed by atoms with Crippen LogP contribution in [0.2, 0.25) is 0 Å². The van der Waals surface area contributed by atoms with Gasteiger partial charge < -0.3 is 42.6 Å². The highest BCUT2D eigenvalue weighted by molar-refractivity contribution is 6.18. The van der Waals surface area contributed by atoms with Crippen LogP contribution in [0, 0.1) is 0 Å². The summed E-state index contributed by atoms with van der Waals surface area (Å²) < 4.78 is 50.5. The third-order valence-corrected chi connectivity index (χ3v) is 7.04. The Labute approximate surface area is 239 Å². The fourth-order valence-corrected chi connectivity index (χ4v) is 5.19. The molecule has 1 unspecified atom stereocenters. The number of allylic oxidation sites excluding steroid dienone is 1. The van der Waals surface area contributed by atoms with Crippen LogP contribution in [0.1, 0.15) is 33.0 Å². The summed E-state index contributed by atoms with van der Waals surface area (Å²) in [5.74, 6) is 3.01. The normalized spacial score (nSPS) is 14.8. The summed E-state index contributed by atoms with van der Waals surface area (Å²) in [7, 11) is 13.8. The van der Waals surface area contributed by atoms with E-state index in [4.69, 9.17) is 42.6 Å². The number of Topliss-reactive ketones (excluding diaryl/α,β-unsaturated/α-hetero) is 1. The maximum atomic E-state index is 14.2. The molecular weight excluding hydrogens is 532 g/mol. The first-order valence-electron chi connectivity index (χ1n) is 12.5. The largest absolute Gasteiger partial charge is 0.496 e. The molecule has 1 atom stereocenters. The van der Waals surface area contributed by atoms with Crippen molar-refractivity contribution >= 4 is 11.9 Å². The molecule has 1 aliphatic rings. The van der Waals surface area contributed by atoms with Crippen LogP contribution < -0.4 is 42.6 Å². The Morgan fingerprint density at radius 1 is 0.512 bits per heavy atom. The van der Waals surface area contributed by atoms with E-state index in [-0.39, 0.29) is 5.78 Å². The monoisotopic (exact) mass is 566 g/mol. The molecule has 1 aliphatic carbocycles. The zero-order chi connectivity index (χ0) is 29.8. The molecule has 0 spiro atoms. The molecule has 0 amide bonds. The number of carbonyl (C=O) groups excluding carboxylic acids is 1. The molecule has 3 aromatic rings. The molecule has 0 N–H and O–H groups in total. The van der Waals surface area contributed by atoms with Gasteiger partial charge in [0.15, 0.2) is 40.3 Å². The quantitative estimate of drug-likeness (QED) is 0.289. The number of carbonyl (C=O) groups is 1. The van der Waals surface area contributed by atoms with Crippen LogP contribution in [-0.4, -0.2) is 69.8 Å². The van der Waals surface area contributed by atoms with E-state index in [0.29, 0.717) is 79.6 Å². The van der Waals surface area contributed by atoms with Crippen molar-refractivity contribution in [3.63, 3.8) is 0 Å². The Bertz CT molecular complexity index is 1470. The highest BCUT2D eigenvalue weighted by atomic mass is 16.5. The molecule has 0 radical (unpaired) electrons. The van der Waals surface area contributed by atoms with Crippen LogP contribution in [0.25, 0.3) is 6.08 Å². The van der Waals surface area contributed by atoms with Crippen molar-refractivity contribution in [1.29, 1.82) is 0 Å². The van der Waals surface area contributed by atoms with Crippen molar-refractivity contribution < 1.29 is 47.4 Å². The molecule has 0 saturated heterocycles. The summed E-state index contributed by atoms with van der Waals surface area (Å²) in [5, 5.41) is 0. The van der Waals surface area contributed by atoms with Gasteiger partial charge in [-0.05, 0) is 35.9 Å². The topological polar surface area (TPSA) is 100 Å². The Balaban J connectivity index is 2.11. The third kappa shape index (κ3) is 4.90. The Morgan fingerprint density at radius 3 is 1.49 bits per heavy atom. The van der Waals surface area contributed by atoms with Crippen molar-refractivity contribution in [2.45, 2.75) is 5.92 Å². The van der Waals surface area contributed by atoms with Crippen LogP contribution in [0.15, 0.2) is 35.9 Å². The van der Waals surface area contributed by atoms with Crippen LogP contribution in [-0.2, 0) is 0 Å². The van der Waals surface area contributed by atoms with Crippen LogP contribution in [0.3, 0.4) is 0 Å². The molecule has 0 saturated carbocycles. The highest BCUT2D eigenvalue weighted by Crippen LogP contribution is 2.55. The van der Waals surface area contributed by atoms with E-state index in [1.54, 1.807) is 45.6 Å². The highest BCUT2D eigenvalue weighted by Gasteiger charge is 2.42. The van der Waals surface area contributed by atoms with Gasteiger partial charge in [-0.25, -0.2) is 0 Å².